The minimum Gasteiger partial charge on any atom is -0.478 e. The molecule has 3 aromatic rings. The number of nitrogens with zero attached hydrogens (tertiary/aromatic N) is 1. The third-order valence-electron chi connectivity index (χ3n) is 5.16. The fraction of sp³-hybridized carbons (Fsp3) is 0.0417. The van der Waals surface area contributed by atoms with Crippen LogP contribution in [0.5, 0.6) is 0 Å². The van der Waals surface area contributed by atoms with Crippen LogP contribution in [0.4, 0.5) is 11.4 Å². The first-order valence-corrected chi connectivity index (χ1v) is 9.78. The van der Waals surface area contributed by atoms with Gasteiger partial charge >= 0.3 is 5.97 Å². The summed E-state index contributed by atoms with van der Waals surface area (Å²) in [7, 11) is 1.38. The van der Waals surface area contributed by atoms with Crippen molar-refractivity contribution in [2.24, 2.45) is 0 Å². The van der Waals surface area contributed by atoms with E-state index in [-0.39, 0.29) is 33.5 Å². The Kier molecular flexibility index (Phi) is 5.45. The predicted molar refractivity (Wildman–Crippen MR) is 119 cm³/mol. The number of fused-ring (bicyclic) bond motifs is 1. The number of nitrogens with one attached hydrogen (secondary N) is 2. The molecule has 0 fully saturated rings. The molecule has 4 rings (SSSR count). The second-order valence-electron chi connectivity index (χ2n) is 7.27. The van der Waals surface area contributed by atoms with Gasteiger partial charge in [-0.25, -0.2) is 4.79 Å². The minimum atomic E-state index is -1.16. The highest BCUT2D eigenvalue weighted by Crippen LogP contribution is 2.23. The fourth-order valence-corrected chi connectivity index (χ4v) is 3.38. The van der Waals surface area contributed by atoms with Gasteiger partial charge in [0.1, 0.15) is 0 Å². The maximum absolute atomic E-state index is 12.6. The van der Waals surface area contributed by atoms with E-state index in [9.17, 15) is 29.1 Å². The lowest BCUT2D eigenvalue weighted by Crippen LogP contribution is -2.24. The van der Waals surface area contributed by atoms with Crippen LogP contribution in [0.2, 0.25) is 0 Å². The average molecular weight is 443 g/mol. The van der Waals surface area contributed by atoms with Crippen LogP contribution in [0.25, 0.3) is 0 Å². The molecule has 0 atom stereocenters. The third-order valence-corrected chi connectivity index (χ3v) is 5.16. The SMILES string of the molecule is CN1C(=O)c2ccc(C(=O)Nc3ccc(C(=O)Nc4ccccc4C(=O)O)cc3)cc2C1=O. The standard InChI is InChI=1S/C24H17N3O6/c1-27-22(30)16-11-8-14(12-18(16)23(27)31)21(29)25-15-9-6-13(7-10-15)20(28)26-19-5-3-2-4-17(19)24(32)33/h2-12H,1H3,(H,25,29)(H,26,28)(H,32,33). The van der Waals surface area contributed by atoms with Crippen molar-refractivity contribution in [3.8, 4) is 0 Å². The Morgan fingerprint density at radius 2 is 1.36 bits per heavy atom. The molecular formula is C24H17N3O6. The van der Waals surface area contributed by atoms with Crippen LogP contribution in [-0.2, 0) is 0 Å². The van der Waals surface area contributed by atoms with E-state index in [2.05, 4.69) is 10.6 Å². The van der Waals surface area contributed by atoms with E-state index in [0.29, 0.717) is 5.69 Å². The monoisotopic (exact) mass is 443 g/mol. The summed E-state index contributed by atoms with van der Waals surface area (Å²) in [6.45, 7) is 0. The maximum Gasteiger partial charge on any atom is 0.337 e. The average Bonchev–Trinajstić information content (AvgIpc) is 3.03. The van der Waals surface area contributed by atoms with Gasteiger partial charge in [0.25, 0.3) is 23.6 Å². The largest absolute Gasteiger partial charge is 0.478 e. The highest BCUT2D eigenvalue weighted by atomic mass is 16.4. The number of hydrogen-bond donors (Lipinski definition) is 3. The van der Waals surface area contributed by atoms with Crippen LogP contribution in [0, 0.1) is 0 Å². The zero-order valence-corrected chi connectivity index (χ0v) is 17.3. The molecule has 0 radical (unpaired) electrons. The highest BCUT2D eigenvalue weighted by Gasteiger charge is 2.33. The highest BCUT2D eigenvalue weighted by molar-refractivity contribution is 6.22. The summed E-state index contributed by atoms with van der Waals surface area (Å²) in [5.41, 5.74) is 1.43. The summed E-state index contributed by atoms with van der Waals surface area (Å²) in [6, 6.07) is 16.3. The summed E-state index contributed by atoms with van der Waals surface area (Å²) in [5, 5.41) is 14.5. The summed E-state index contributed by atoms with van der Waals surface area (Å²) < 4.78 is 0. The maximum atomic E-state index is 12.6. The molecule has 0 bridgehead atoms. The van der Waals surface area contributed by atoms with Gasteiger partial charge in [-0.1, -0.05) is 12.1 Å². The molecule has 1 aliphatic heterocycles. The van der Waals surface area contributed by atoms with Crippen molar-refractivity contribution in [3.63, 3.8) is 0 Å². The van der Waals surface area contributed by atoms with Crippen molar-refractivity contribution in [2.75, 3.05) is 17.7 Å². The van der Waals surface area contributed by atoms with Crippen molar-refractivity contribution < 1.29 is 29.1 Å². The van der Waals surface area contributed by atoms with E-state index in [1.807, 2.05) is 0 Å². The minimum absolute atomic E-state index is 0.0320. The van der Waals surface area contributed by atoms with Gasteiger partial charge in [0.15, 0.2) is 0 Å². The molecule has 0 aliphatic carbocycles. The van der Waals surface area contributed by atoms with Gasteiger partial charge in [-0.15, -0.1) is 0 Å². The molecule has 0 saturated heterocycles. The first kappa shape index (κ1) is 21.4. The lowest BCUT2D eigenvalue weighted by Gasteiger charge is -2.10. The molecule has 1 aliphatic rings. The molecule has 0 saturated carbocycles. The van der Waals surface area contributed by atoms with E-state index in [4.69, 9.17) is 0 Å². The van der Waals surface area contributed by atoms with E-state index >= 15 is 0 Å². The second kappa shape index (κ2) is 8.39. The number of carbonyl (C=O) groups is 5. The quantitative estimate of drug-likeness (QED) is 0.519. The van der Waals surface area contributed by atoms with Crippen molar-refractivity contribution in [1.29, 1.82) is 0 Å². The van der Waals surface area contributed by atoms with Crippen LogP contribution < -0.4 is 10.6 Å². The van der Waals surface area contributed by atoms with Gasteiger partial charge in [-0.3, -0.25) is 24.1 Å². The first-order valence-electron chi connectivity index (χ1n) is 9.78. The Balaban J connectivity index is 1.46. The van der Waals surface area contributed by atoms with E-state index in [1.165, 1.54) is 61.6 Å². The van der Waals surface area contributed by atoms with Crippen LogP contribution in [-0.4, -0.2) is 46.7 Å². The number of anilines is 2. The zero-order valence-electron chi connectivity index (χ0n) is 17.3. The Morgan fingerprint density at radius 1 is 0.758 bits per heavy atom. The number of carbonyl (C=O) groups excluding carboxylic acids is 4. The van der Waals surface area contributed by atoms with Crippen molar-refractivity contribution in [3.05, 3.63) is 94.5 Å². The third kappa shape index (κ3) is 4.07. The molecule has 0 unspecified atom stereocenters. The summed E-state index contributed by atoms with van der Waals surface area (Å²) in [4.78, 5) is 61.5. The fourth-order valence-electron chi connectivity index (χ4n) is 3.38. The molecule has 9 nitrogen and oxygen atoms in total. The molecule has 9 heteroatoms. The number of carboxylic acids is 1. The molecule has 164 valence electrons. The number of carboxylic acid groups (broad SMARTS) is 1. The Labute approximate surface area is 187 Å². The van der Waals surface area contributed by atoms with Crippen molar-refractivity contribution >= 4 is 41.0 Å². The number of imide groups is 1. The van der Waals surface area contributed by atoms with E-state index < -0.39 is 29.6 Å². The van der Waals surface area contributed by atoms with Gasteiger partial charge in [-0.2, -0.15) is 0 Å². The number of hydrogen-bond acceptors (Lipinski definition) is 5. The topological polar surface area (TPSA) is 133 Å². The molecular weight excluding hydrogens is 426 g/mol. The first-order chi connectivity index (χ1) is 15.8. The smallest absolute Gasteiger partial charge is 0.337 e. The van der Waals surface area contributed by atoms with Gasteiger partial charge in [-0.05, 0) is 54.6 Å². The number of aromatic carboxylic acids is 1. The normalized spacial score (nSPS) is 12.3. The van der Waals surface area contributed by atoms with Gasteiger partial charge in [0.05, 0.1) is 22.4 Å². The van der Waals surface area contributed by atoms with E-state index in [1.54, 1.807) is 12.1 Å². The lowest BCUT2D eigenvalue weighted by molar-refractivity contribution is 0.0682. The summed E-state index contributed by atoms with van der Waals surface area (Å²) in [6.07, 6.45) is 0. The van der Waals surface area contributed by atoms with Crippen LogP contribution in [0.3, 0.4) is 0 Å². The zero-order chi connectivity index (χ0) is 23.7. The van der Waals surface area contributed by atoms with Crippen LogP contribution in [0.1, 0.15) is 51.8 Å². The molecule has 3 N–H and O–H groups in total. The second-order valence-corrected chi connectivity index (χ2v) is 7.27. The molecule has 33 heavy (non-hydrogen) atoms. The predicted octanol–water partition coefficient (Wildman–Crippen LogP) is 3.12. The summed E-state index contributed by atoms with van der Waals surface area (Å²) >= 11 is 0. The van der Waals surface area contributed by atoms with E-state index in [0.717, 1.165) is 4.90 Å². The van der Waals surface area contributed by atoms with Crippen molar-refractivity contribution in [1.82, 2.24) is 4.90 Å². The Bertz CT molecular complexity index is 1330. The van der Waals surface area contributed by atoms with Crippen LogP contribution >= 0.6 is 0 Å². The molecule has 3 aromatic carbocycles. The number of benzene rings is 3. The molecule has 4 amide bonds. The summed E-state index contributed by atoms with van der Waals surface area (Å²) in [5.74, 6) is -3.03. The number of rotatable bonds is 5. The van der Waals surface area contributed by atoms with Crippen molar-refractivity contribution in [2.45, 2.75) is 0 Å². The lowest BCUT2D eigenvalue weighted by atomic mass is 10.1. The van der Waals surface area contributed by atoms with Gasteiger partial charge in [0, 0.05) is 23.9 Å². The molecule has 0 spiro atoms. The molecule has 1 heterocycles. The Morgan fingerprint density at radius 3 is 2.06 bits per heavy atom. The van der Waals surface area contributed by atoms with Crippen LogP contribution in [0.15, 0.2) is 66.7 Å². The number of para-hydroxylation sites is 1. The number of amides is 4. The Hall–Kier alpha value is -4.79. The molecule has 0 aromatic heterocycles. The van der Waals surface area contributed by atoms with Gasteiger partial charge < -0.3 is 15.7 Å². The van der Waals surface area contributed by atoms with Gasteiger partial charge in [0.2, 0.25) is 0 Å².